The van der Waals surface area contributed by atoms with E-state index in [-0.39, 0.29) is 0 Å². The molecule has 0 saturated carbocycles. The summed E-state index contributed by atoms with van der Waals surface area (Å²) in [6.07, 6.45) is 6.47. The molecule has 0 bridgehead atoms. The molecule has 0 aromatic rings. The normalized spacial score (nSPS) is 17.1. The average molecular weight is 151 g/mol. The van der Waals surface area contributed by atoms with Gasteiger partial charge < -0.3 is 10.1 Å². The first-order valence-electron chi connectivity index (χ1n) is 3.83. The fraction of sp³-hybridized carbons (Fsp3) is 0.444. The Balaban J connectivity index is 2.41. The third-order valence-corrected chi connectivity index (χ3v) is 1.80. The van der Waals surface area contributed by atoms with Gasteiger partial charge in [-0.3, -0.25) is 0 Å². The molecule has 0 atom stereocenters. The molecule has 0 spiro atoms. The molecule has 0 heterocycles. The molecule has 11 heavy (non-hydrogen) atoms. The van der Waals surface area contributed by atoms with Gasteiger partial charge in [-0.1, -0.05) is 11.6 Å². The lowest BCUT2D eigenvalue weighted by atomic mass is 10.0. The molecule has 0 radical (unpaired) electrons. The zero-order valence-electron chi connectivity index (χ0n) is 6.58. The highest BCUT2D eigenvalue weighted by molar-refractivity contribution is 5.24. The summed E-state index contributed by atoms with van der Waals surface area (Å²) in [4.78, 5) is 3.77. The third kappa shape index (κ3) is 2.58. The first kappa shape index (κ1) is 8.05. The molecule has 1 N–H and O–H groups in total. The Labute approximate surface area is 67.0 Å². The first-order valence-corrected chi connectivity index (χ1v) is 3.83. The molecule has 1 rings (SSSR count). The Morgan fingerprint density at radius 2 is 2.27 bits per heavy atom. The highest BCUT2D eigenvalue weighted by atomic mass is 16.3. The van der Waals surface area contributed by atoms with Gasteiger partial charge in [0, 0.05) is 13.0 Å². The van der Waals surface area contributed by atoms with Crippen LogP contribution in [-0.2, 0) is 0 Å². The van der Waals surface area contributed by atoms with E-state index in [1.807, 2.05) is 6.08 Å². The highest BCUT2D eigenvalue weighted by Crippen LogP contribution is 2.18. The molecule has 60 valence electrons. The minimum absolute atomic E-state index is 0.486. The minimum Gasteiger partial charge on any atom is -0.512 e. The molecular weight excluding hydrogens is 138 g/mol. The van der Waals surface area contributed by atoms with E-state index in [2.05, 4.69) is 11.7 Å². The molecule has 2 heteroatoms. The molecule has 0 saturated heterocycles. The summed E-state index contributed by atoms with van der Waals surface area (Å²) in [5.41, 5.74) is 1.36. The van der Waals surface area contributed by atoms with Crippen molar-refractivity contribution in [1.82, 2.24) is 0 Å². The molecule has 0 amide bonds. The molecule has 0 aromatic heterocycles. The van der Waals surface area contributed by atoms with Crippen LogP contribution in [0.2, 0.25) is 0 Å². The van der Waals surface area contributed by atoms with Crippen LogP contribution in [0.4, 0.5) is 0 Å². The van der Waals surface area contributed by atoms with Crippen molar-refractivity contribution < 1.29 is 5.11 Å². The second-order valence-corrected chi connectivity index (χ2v) is 2.68. The SMILES string of the molecule is C=NCCC1=CC=C(O)CC1. The predicted molar refractivity (Wildman–Crippen MR) is 47.1 cm³/mol. The standard InChI is InChI=1S/C9H13NO/c1-10-7-6-8-2-4-9(11)5-3-8/h2,4,11H,1,3,5-7H2. The zero-order valence-corrected chi connectivity index (χ0v) is 6.58. The van der Waals surface area contributed by atoms with Gasteiger partial charge in [-0.25, -0.2) is 0 Å². The molecule has 0 fully saturated rings. The van der Waals surface area contributed by atoms with E-state index in [1.165, 1.54) is 5.57 Å². The van der Waals surface area contributed by atoms with Crippen LogP contribution in [0.3, 0.4) is 0 Å². The quantitative estimate of drug-likeness (QED) is 0.616. The number of aliphatic imine (C=N–C) groups is 1. The first-order chi connectivity index (χ1) is 5.33. The van der Waals surface area contributed by atoms with Crippen LogP contribution in [-0.4, -0.2) is 18.4 Å². The molecule has 1 aliphatic rings. The van der Waals surface area contributed by atoms with Crippen LogP contribution in [0.1, 0.15) is 19.3 Å². The van der Waals surface area contributed by atoms with Gasteiger partial charge in [0.15, 0.2) is 0 Å². The summed E-state index contributed by atoms with van der Waals surface area (Å²) < 4.78 is 0. The van der Waals surface area contributed by atoms with Gasteiger partial charge in [-0.05, 0) is 25.6 Å². The van der Waals surface area contributed by atoms with Crippen LogP contribution >= 0.6 is 0 Å². The van der Waals surface area contributed by atoms with Crippen molar-refractivity contribution in [3.63, 3.8) is 0 Å². The molecule has 0 unspecified atom stereocenters. The van der Waals surface area contributed by atoms with Crippen molar-refractivity contribution in [2.45, 2.75) is 19.3 Å². The highest BCUT2D eigenvalue weighted by Gasteiger charge is 2.03. The Kier molecular flexibility index (Phi) is 2.90. The number of aliphatic hydroxyl groups excluding tert-OH is 1. The predicted octanol–water partition coefficient (Wildman–Crippen LogP) is 2.24. The van der Waals surface area contributed by atoms with Crippen molar-refractivity contribution in [2.24, 2.45) is 4.99 Å². The van der Waals surface area contributed by atoms with Crippen molar-refractivity contribution in [2.75, 3.05) is 6.54 Å². The van der Waals surface area contributed by atoms with Gasteiger partial charge >= 0.3 is 0 Å². The maximum absolute atomic E-state index is 9.03. The van der Waals surface area contributed by atoms with Crippen LogP contribution in [0.15, 0.2) is 28.5 Å². The maximum Gasteiger partial charge on any atom is 0.0925 e. The molecule has 1 aliphatic carbocycles. The Morgan fingerprint density at radius 3 is 2.82 bits per heavy atom. The lowest BCUT2D eigenvalue weighted by molar-refractivity contribution is 0.385. The number of rotatable bonds is 3. The molecule has 0 aromatic carbocycles. The van der Waals surface area contributed by atoms with E-state index in [4.69, 9.17) is 5.11 Å². The van der Waals surface area contributed by atoms with Crippen molar-refractivity contribution >= 4 is 6.72 Å². The Bertz CT molecular complexity index is 204. The summed E-state index contributed by atoms with van der Waals surface area (Å²) in [6, 6.07) is 0. The number of allylic oxidation sites excluding steroid dienone is 3. The minimum atomic E-state index is 0.486. The van der Waals surface area contributed by atoms with E-state index in [9.17, 15) is 0 Å². The number of aliphatic hydroxyl groups is 1. The number of hydrogen-bond acceptors (Lipinski definition) is 2. The number of hydrogen-bond donors (Lipinski definition) is 1. The summed E-state index contributed by atoms with van der Waals surface area (Å²) >= 11 is 0. The molecular formula is C9H13NO. The van der Waals surface area contributed by atoms with Crippen molar-refractivity contribution in [3.8, 4) is 0 Å². The lowest BCUT2D eigenvalue weighted by Gasteiger charge is -2.09. The topological polar surface area (TPSA) is 32.6 Å². The second kappa shape index (κ2) is 3.96. The van der Waals surface area contributed by atoms with E-state index in [1.54, 1.807) is 6.08 Å². The Hall–Kier alpha value is -1.05. The van der Waals surface area contributed by atoms with Gasteiger partial charge in [0.1, 0.15) is 0 Å². The molecule has 0 aliphatic heterocycles. The van der Waals surface area contributed by atoms with Crippen LogP contribution < -0.4 is 0 Å². The van der Waals surface area contributed by atoms with Crippen molar-refractivity contribution in [3.05, 3.63) is 23.5 Å². The maximum atomic E-state index is 9.03. The summed E-state index contributed by atoms with van der Waals surface area (Å²) in [6.45, 7) is 4.21. The van der Waals surface area contributed by atoms with Crippen molar-refractivity contribution in [1.29, 1.82) is 0 Å². The fourth-order valence-electron chi connectivity index (χ4n) is 1.10. The van der Waals surface area contributed by atoms with Crippen LogP contribution in [0.25, 0.3) is 0 Å². The molecule has 2 nitrogen and oxygen atoms in total. The average Bonchev–Trinajstić information content (AvgIpc) is 2.04. The monoisotopic (exact) mass is 151 g/mol. The summed E-state index contributed by atoms with van der Waals surface area (Å²) in [7, 11) is 0. The Morgan fingerprint density at radius 1 is 1.45 bits per heavy atom. The smallest absolute Gasteiger partial charge is 0.0925 e. The van der Waals surface area contributed by atoms with E-state index < -0.39 is 0 Å². The van der Waals surface area contributed by atoms with Gasteiger partial charge in [0.05, 0.1) is 5.76 Å². The largest absolute Gasteiger partial charge is 0.512 e. The van der Waals surface area contributed by atoms with Gasteiger partial charge in [0.25, 0.3) is 0 Å². The lowest BCUT2D eigenvalue weighted by Crippen LogP contribution is -1.94. The fourth-order valence-corrected chi connectivity index (χ4v) is 1.10. The van der Waals surface area contributed by atoms with Crippen LogP contribution in [0, 0.1) is 0 Å². The summed E-state index contributed by atoms with van der Waals surface area (Å²) in [5.74, 6) is 0.486. The van der Waals surface area contributed by atoms with Gasteiger partial charge in [-0.15, -0.1) is 0 Å². The summed E-state index contributed by atoms with van der Waals surface area (Å²) in [5, 5.41) is 9.03. The van der Waals surface area contributed by atoms with E-state index in [0.29, 0.717) is 5.76 Å². The van der Waals surface area contributed by atoms with E-state index >= 15 is 0 Å². The van der Waals surface area contributed by atoms with E-state index in [0.717, 1.165) is 25.8 Å². The van der Waals surface area contributed by atoms with Crippen LogP contribution in [0.5, 0.6) is 0 Å². The number of nitrogens with zero attached hydrogens (tertiary/aromatic N) is 1. The van der Waals surface area contributed by atoms with Gasteiger partial charge in [0.2, 0.25) is 0 Å². The zero-order chi connectivity index (χ0) is 8.10. The van der Waals surface area contributed by atoms with Gasteiger partial charge in [-0.2, -0.15) is 0 Å². The third-order valence-electron chi connectivity index (χ3n) is 1.80. The second-order valence-electron chi connectivity index (χ2n) is 2.68.